The lowest BCUT2D eigenvalue weighted by Gasteiger charge is -2.37. The van der Waals surface area contributed by atoms with E-state index in [1.807, 2.05) is 78.9 Å². The summed E-state index contributed by atoms with van der Waals surface area (Å²) >= 11 is 0. The second kappa shape index (κ2) is 9.66. The predicted molar refractivity (Wildman–Crippen MR) is 140 cm³/mol. The lowest BCUT2D eigenvalue weighted by Crippen LogP contribution is -2.50. The summed E-state index contributed by atoms with van der Waals surface area (Å²) in [6.45, 7) is 0.263. The molecule has 0 aliphatic carbocycles. The van der Waals surface area contributed by atoms with E-state index in [0.717, 1.165) is 33.0 Å². The fourth-order valence-electron chi connectivity index (χ4n) is 5.00. The minimum Gasteiger partial charge on any atom is -0.480 e. The van der Waals surface area contributed by atoms with E-state index < -0.39 is 17.9 Å². The van der Waals surface area contributed by atoms with E-state index in [4.69, 9.17) is 11.1 Å². The predicted octanol–water partition coefficient (Wildman–Crippen LogP) is 4.49. The SMILES string of the molecule is N=C(N)c1ccc(C[C@H](C(=O)N2Cc3ccccc3CC2C(=O)O)c2ccc3ccccc3c2)cc1. The maximum atomic E-state index is 14.1. The van der Waals surface area contributed by atoms with Gasteiger partial charge in [0, 0.05) is 18.5 Å². The average Bonchev–Trinajstić information content (AvgIpc) is 2.90. The number of nitrogens with two attached hydrogens (primary N) is 1. The topological polar surface area (TPSA) is 107 Å². The summed E-state index contributed by atoms with van der Waals surface area (Å²) in [5, 5.41) is 19.8. The summed E-state index contributed by atoms with van der Waals surface area (Å²) in [4.78, 5) is 27.9. The Morgan fingerprint density at radius 3 is 2.28 bits per heavy atom. The first-order chi connectivity index (χ1) is 17.4. The van der Waals surface area contributed by atoms with Crippen LogP contribution in [-0.2, 0) is 29.0 Å². The smallest absolute Gasteiger partial charge is 0.326 e. The molecule has 0 radical (unpaired) electrons. The Balaban J connectivity index is 1.55. The number of fused-ring (bicyclic) bond motifs is 2. The number of carboxylic acid groups (broad SMARTS) is 1. The van der Waals surface area contributed by atoms with Gasteiger partial charge in [0.2, 0.25) is 5.91 Å². The number of nitrogen functional groups attached to an aromatic ring is 1. The van der Waals surface area contributed by atoms with Gasteiger partial charge < -0.3 is 15.7 Å². The van der Waals surface area contributed by atoms with Crippen LogP contribution in [-0.4, -0.2) is 33.8 Å². The molecule has 0 saturated carbocycles. The van der Waals surface area contributed by atoms with Gasteiger partial charge in [0.25, 0.3) is 0 Å². The Labute approximate surface area is 209 Å². The first-order valence-electron chi connectivity index (χ1n) is 11.9. The summed E-state index contributed by atoms with van der Waals surface area (Å²) in [6.07, 6.45) is 0.689. The largest absolute Gasteiger partial charge is 0.480 e. The molecule has 0 aromatic heterocycles. The molecule has 4 aromatic rings. The Kier molecular flexibility index (Phi) is 6.25. The molecule has 0 saturated heterocycles. The third kappa shape index (κ3) is 4.58. The summed E-state index contributed by atoms with van der Waals surface area (Å²) in [5.74, 6) is -1.78. The van der Waals surface area contributed by atoms with E-state index in [1.54, 1.807) is 12.1 Å². The summed E-state index contributed by atoms with van der Waals surface area (Å²) in [6, 6.07) is 28.1. The highest BCUT2D eigenvalue weighted by Crippen LogP contribution is 2.31. The van der Waals surface area contributed by atoms with Crippen molar-refractivity contribution >= 4 is 28.5 Å². The van der Waals surface area contributed by atoms with Crippen molar-refractivity contribution in [2.45, 2.75) is 31.3 Å². The minimum absolute atomic E-state index is 0.0139. The number of rotatable bonds is 6. The van der Waals surface area contributed by atoms with Gasteiger partial charge in [-0.25, -0.2) is 4.79 Å². The molecular formula is C30H27N3O3. The number of nitrogens with one attached hydrogen (secondary N) is 1. The zero-order chi connectivity index (χ0) is 25.2. The zero-order valence-electron chi connectivity index (χ0n) is 19.7. The second-order valence-corrected chi connectivity index (χ2v) is 9.27. The van der Waals surface area contributed by atoms with Gasteiger partial charge in [-0.15, -0.1) is 0 Å². The normalized spacial score (nSPS) is 15.8. The van der Waals surface area contributed by atoms with Gasteiger partial charge in [0.15, 0.2) is 0 Å². The van der Waals surface area contributed by atoms with Crippen LogP contribution in [0.3, 0.4) is 0 Å². The van der Waals surface area contributed by atoms with Crippen LogP contribution in [0.1, 0.15) is 33.7 Å². The molecule has 1 aliphatic rings. The number of carbonyl (C=O) groups excluding carboxylic acids is 1. The number of amides is 1. The molecule has 1 heterocycles. The lowest BCUT2D eigenvalue weighted by atomic mass is 9.86. The monoisotopic (exact) mass is 477 g/mol. The van der Waals surface area contributed by atoms with Crippen LogP contribution in [0, 0.1) is 5.41 Å². The van der Waals surface area contributed by atoms with Crippen molar-refractivity contribution < 1.29 is 14.7 Å². The van der Waals surface area contributed by atoms with Crippen LogP contribution in [0.25, 0.3) is 10.8 Å². The number of carboxylic acids is 1. The summed E-state index contributed by atoms with van der Waals surface area (Å²) in [5.41, 5.74) is 9.93. The van der Waals surface area contributed by atoms with E-state index in [1.165, 1.54) is 4.90 Å². The average molecular weight is 478 g/mol. The highest BCUT2D eigenvalue weighted by molar-refractivity contribution is 5.95. The second-order valence-electron chi connectivity index (χ2n) is 9.27. The van der Waals surface area contributed by atoms with E-state index in [2.05, 4.69) is 0 Å². The number of benzene rings is 4. The quantitative estimate of drug-likeness (QED) is 0.281. The molecule has 2 atom stereocenters. The standard InChI is InChI=1S/C30H27N3O3/c31-28(32)21-11-9-19(10-12-21)15-26(24-14-13-20-5-1-2-6-22(20)16-24)29(34)33-18-25-8-4-3-7-23(25)17-27(33)30(35)36/h1-14,16,26-27H,15,17-18H2,(H3,31,32)(H,35,36)/t26-,27?/m0/s1. The van der Waals surface area contributed by atoms with Crippen molar-refractivity contribution in [3.63, 3.8) is 0 Å². The molecule has 36 heavy (non-hydrogen) atoms. The number of nitrogens with zero attached hydrogens (tertiary/aromatic N) is 1. The Morgan fingerprint density at radius 1 is 0.917 bits per heavy atom. The van der Waals surface area contributed by atoms with Crippen molar-refractivity contribution in [1.82, 2.24) is 4.90 Å². The third-order valence-corrected chi connectivity index (χ3v) is 7.00. The van der Waals surface area contributed by atoms with Crippen LogP contribution < -0.4 is 5.73 Å². The van der Waals surface area contributed by atoms with Gasteiger partial charge in [0.1, 0.15) is 11.9 Å². The highest BCUT2D eigenvalue weighted by Gasteiger charge is 2.38. The Hall–Kier alpha value is -4.45. The maximum Gasteiger partial charge on any atom is 0.326 e. The number of hydrogen-bond donors (Lipinski definition) is 3. The van der Waals surface area contributed by atoms with Gasteiger partial charge in [-0.2, -0.15) is 0 Å². The van der Waals surface area contributed by atoms with E-state index in [0.29, 0.717) is 12.0 Å². The van der Waals surface area contributed by atoms with Crippen LogP contribution in [0.15, 0.2) is 91.0 Å². The molecule has 6 nitrogen and oxygen atoms in total. The van der Waals surface area contributed by atoms with Crippen molar-refractivity contribution in [2.24, 2.45) is 5.73 Å². The van der Waals surface area contributed by atoms with E-state index in [-0.39, 0.29) is 24.7 Å². The molecule has 5 rings (SSSR count). The zero-order valence-corrected chi connectivity index (χ0v) is 19.7. The van der Waals surface area contributed by atoms with Gasteiger partial charge >= 0.3 is 5.97 Å². The fourth-order valence-corrected chi connectivity index (χ4v) is 5.00. The van der Waals surface area contributed by atoms with E-state index in [9.17, 15) is 14.7 Å². The van der Waals surface area contributed by atoms with Crippen LogP contribution in [0.5, 0.6) is 0 Å². The van der Waals surface area contributed by atoms with Gasteiger partial charge in [-0.3, -0.25) is 10.2 Å². The molecule has 180 valence electrons. The Morgan fingerprint density at radius 2 is 1.58 bits per heavy atom. The number of hydrogen-bond acceptors (Lipinski definition) is 3. The molecule has 1 amide bonds. The molecule has 6 heteroatoms. The molecule has 0 spiro atoms. The summed E-state index contributed by atoms with van der Waals surface area (Å²) in [7, 11) is 0. The van der Waals surface area contributed by atoms with Crippen LogP contribution in [0.2, 0.25) is 0 Å². The number of carbonyl (C=O) groups is 2. The molecule has 1 aliphatic heterocycles. The first-order valence-corrected chi connectivity index (χ1v) is 11.9. The number of amidine groups is 1. The molecule has 4 N–H and O–H groups in total. The van der Waals surface area contributed by atoms with Gasteiger partial charge in [0.05, 0.1) is 5.92 Å². The molecular weight excluding hydrogens is 450 g/mol. The van der Waals surface area contributed by atoms with Gasteiger partial charge in [-0.05, 0) is 39.4 Å². The first kappa shape index (κ1) is 23.3. The third-order valence-electron chi connectivity index (χ3n) is 7.00. The molecule has 0 bridgehead atoms. The molecule has 4 aromatic carbocycles. The van der Waals surface area contributed by atoms with Crippen LogP contribution in [0.4, 0.5) is 0 Å². The van der Waals surface area contributed by atoms with Crippen molar-refractivity contribution in [3.8, 4) is 0 Å². The van der Waals surface area contributed by atoms with Crippen molar-refractivity contribution in [1.29, 1.82) is 5.41 Å². The molecule has 0 fully saturated rings. The molecule has 1 unspecified atom stereocenters. The maximum absolute atomic E-state index is 14.1. The lowest BCUT2D eigenvalue weighted by molar-refractivity contribution is -0.152. The highest BCUT2D eigenvalue weighted by atomic mass is 16.4. The van der Waals surface area contributed by atoms with Crippen molar-refractivity contribution in [2.75, 3.05) is 0 Å². The number of aliphatic carboxylic acids is 1. The minimum atomic E-state index is -0.999. The van der Waals surface area contributed by atoms with Gasteiger partial charge in [-0.1, -0.05) is 91.0 Å². The van der Waals surface area contributed by atoms with Crippen molar-refractivity contribution in [3.05, 3.63) is 119 Å². The summed E-state index contributed by atoms with van der Waals surface area (Å²) < 4.78 is 0. The fraction of sp³-hybridized carbons (Fsp3) is 0.167. The Bertz CT molecular complexity index is 1460. The van der Waals surface area contributed by atoms with Crippen LogP contribution >= 0.6 is 0 Å². The van der Waals surface area contributed by atoms with E-state index >= 15 is 0 Å².